The van der Waals surface area contributed by atoms with Gasteiger partial charge in [0.05, 0.1) is 23.4 Å². The van der Waals surface area contributed by atoms with Crippen LogP contribution in [0, 0.1) is 13.8 Å². The van der Waals surface area contributed by atoms with Crippen LogP contribution in [0.4, 0.5) is 13.2 Å². The normalized spacial score (nSPS) is 15.8. The molecule has 32 heavy (non-hydrogen) atoms. The summed E-state index contributed by atoms with van der Waals surface area (Å²) in [6.07, 6.45) is -2.30. The van der Waals surface area contributed by atoms with E-state index in [1.807, 2.05) is 0 Å². The number of rotatable bonds is 8. The Balaban J connectivity index is 1.51. The number of alkyl halides is 3. The molecule has 0 atom stereocenters. The van der Waals surface area contributed by atoms with E-state index in [4.69, 9.17) is 0 Å². The average molecular weight is 452 g/mol. The molecule has 9 heteroatoms. The van der Waals surface area contributed by atoms with Crippen LogP contribution in [-0.2, 0) is 17.4 Å². The number of halogens is 3. The van der Waals surface area contributed by atoms with E-state index in [1.165, 1.54) is 10.7 Å². The fourth-order valence-electron chi connectivity index (χ4n) is 3.98. The molecule has 0 aliphatic carbocycles. The Morgan fingerprint density at radius 2 is 1.84 bits per heavy atom. The molecule has 1 saturated heterocycles. The highest BCUT2D eigenvalue weighted by Crippen LogP contribution is 2.30. The first-order valence-electron chi connectivity index (χ1n) is 11.1. The molecule has 1 N–H and O–H groups in total. The summed E-state index contributed by atoms with van der Waals surface area (Å²) in [4.78, 5) is 17.2. The number of benzene rings is 1. The SMILES string of the molecule is Cc1nn(-c2cccc(C(F)(F)F)c2)c(C)c1CC(=O)NCCCCN1CCN(C)CC1. The highest BCUT2D eigenvalue weighted by molar-refractivity contribution is 5.79. The molecule has 6 nitrogen and oxygen atoms in total. The third kappa shape index (κ3) is 6.32. The summed E-state index contributed by atoms with van der Waals surface area (Å²) in [6, 6.07) is 5.05. The average Bonchev–Trinajstić information content (AvgIpc) is 3.02. The molecule has 1 aliphatic heterocycles. The number of carbonyl (C=O) groups is 1. The molecule has 3 rings (SSSR count). The molecule has 0 spiro atoms. The Labute approximate surface area is 187 Å². The number of hydrogen-bond donors (Lipinski definition) is 1. The molecule has 1 aromatic heterocycles. The van der Waals surface area contributed by atoms with Gasteiger partial charge in [0.1, 0.15) is 0 Å². The first-order chi connectivity index (χ1) is 15.1. The second-order valence-corrected chi connectivity index (χ2v) is 8.49. The zero-order valence-electron chi connectivity index (χ0n) is 19.0. The minimum absolute atomic E-state index is 0.0978. The standard InChI is InChI=1S/C23H32F3N5O/c1-17-21(16-22(32)27-9-4-5-10-30-13-11-29(3)12-14-30)18(2)31(28-17)20-8-6-7-19(15-20)23(24,25)26/h6-8,15H,4-5,9-14,16H2,1-3H3,(H,27,32). The lowest BCUT2D eigenvalue weighted by molar-refractivity contribution is -0.137. The molecular formula is C23H32F3N5O. The van der Waals surface area contributed by atoms with Crippen molar-refractivity contribution in [1.82, 2.24) is 24.9 Å². The fourth-order valence-corrected chi connectivity index (χ4v) is 3.98. The molecule has 1 fully saturated rings. The maximum atomic E-state index is 13.0. The summed E-state index contributed by atoms with van der Waals surface area (Å²) in [6.45, 7) is 9.61. The van der Waals surface area contributed by atoms with Crippen LogP contribution in [0.2, 0.25) is 0 Å². The Morgan fingerprint density at radius 1 is 1.12 bits per heavy atom. The first-order valence-corrected chi connectivity index (χ1v) is 11.1. The van der Waals surface area contributed by atoms with E-state index in [0.717, 1.165) is 63.3 Å². The Hall–Kier alpha value is -2.39. The largest absolute Gasteiger partial charge is 0.416 e. The third-order valence-electron chi connectivity index (χ3n) is 6.02. The summed E-state index contributed by atoms with van der Waals surface area (Å²) < 4.78 is 40.6. The van der Waals surface area contributed by atoms with E-state index in [0.29, 0.717) is 23.6 Å². The topological polar surface area (TPSA) is 53.4 Å². The summed E-state index contributed by atoms with van der Waals surface area (Å²) in [5.41, 5.74) is 1.67. The lowest BCUT2D eigenvalue weighted by atomic mass is 10.1. The van der Waals surface area contributed by atoms with E-state index < -0.39 is 11.7 Å². The quantitative estimate of drug-likeness (QED) is 0.627. The number of carbonyl (C=O) groups excluding carboxylic acids is 1. The van der Waals surface area contributed by atoms with Crippen LogP contribution in [0.25, 0.3) is 5.69 Å². The van der Waals surface area contributed by atoms with Crippen molar-refractivity contribution in [1.29, 1.82) is 0 Å². The number of hydrogen-bond acceptors (Lipinski definition) is 4. The van der Waals surface area contributed by atoms with Gasteiger partial charge in [-0.2, -0.15) is 18.3 Å². The van der Waals surface area contributed by atoms with Crippen LogP contribution in [0.3, 0.4) is 0 Å². The van der Waals surface area contributed by atoms with E-state index in [2.05, 4.69) is 27.3 Å². The number of piperazine rings is 1. The molecule has 0 saturated carbocycles. The summed E-state index contributed by atoms with van der Waals surface area (Å²) in [5, 5.41) is 7.34. The van der Waals surface area contributed by atoms with Crippen molar-refractivity contribution in [3.8, 4) is 5.69 Å². The van der Waals surface area contributed by atoms with Crippen LogP contribution in [0.5, 0.6) is 0 Å². The predicted molar refractivity (Wildman–Crippen MR) is 118 cm³/mol. The van der Waals surface area contributed by atoms with Crippen molar-refractivity contribution in [3.05, 3.63) is 46.8 Å². The van der Waals surface area contributed by atoms with Crippen molar-refractivity contribution in [2.75, 3.05) is 46.3 Å². The van der Waals surface area contributed by atoms with Crippen LogP contribution in [0.1, 0.15) is 35.4 Å². The number of unbranched alkanes of at least 4 members (excludes halogenated alkanes) is 1. The van der Waals surface area contributed by atoms with Gasteiger partial charge in [-0.3, -0.25) is 4.79 Å². The Morgan fingerprint density at radius 3 is 2.53 bits per heavy atom. The maximum Gasteiger partial charge on any atom is 0.416 e. The van der Waals surface area contributed by atoms with Crippen molar-refractivity contribution in [2.24, 2.45) is 0 Å². The Bertz CT molecular complexity index is 917. The Kier molecular flexibility index (Phi) is 7.95. The van der Waals surface area contributed by atoms with Crippen molar-refractivity contribution in [2.45, 2.75) is 39.3 Å². The first kappa shape index (κ1) is 24.3. The number of amides is 1. The monoisotopic (exact) mass is 451 g/mol. The van der Waals surface area contributed by atoms with Gasteiger partial charge in [-0.1, -0.05) is 6.07 Å². The molecule has 1 aromatic carbocycles. The van der Waals surface area contributed by atoms with Gasteiger partial charge in [0.15, 0.2) is 0 Å². The van der Waals surface area contributed by atoms with Crippen molar-refractivity contribution in [3.63, 3.8) is 0 Å². The third-order valence-corrected chi connectivity index (χ3v) is 6.02. The van der Waals surface area contributed by atoms with E-state index in [1.54, 1.807) is 19.9 Å². The van der Waals surface area contributed by atoms with Gasteiger partial charge >= 0.3 is 6.18 Å². The number of likely N-dealkylation sites (N-methyl/N-ethyl adjacent to an activating group) is 1. The number of aryl methyl sites for hydroxylation is 1. The minimum Gasteiger partial charge on any atom is -0.356 e. The molecule has 2 aromatic rings. The summed E-state index contributed by atoms with van der Waals surface area (Å²) >= 11 is 0. The van der Waals surface area contributed by atoms with Gasteiger partial charge in [0.2, 0.25) is 5.91 Å². The lowest BCUT2D eigenvalue weighted by Crippen LogP contribution is -2.44. The van der Waals surface area contributed by atoms with E-state index >= 15 is 0 Å². The van der Waals surface area contributed by atoms with Gasteiger partial charge in [0, 0.05) is 44.0 Å². The number of nitrogens with zero attached hydrogens (tertiary/aromatic N) is 4. The zero-order valence-corrected chi connectivity index (χ0v) is 19.0. The smallest absolute Gasteiger partial charge is 0.356 e. The van der Waals surface area contributed by atoms with Crippen LogP contribution in [-0.4, -0.2) is 71.8 Å². The van der Waals surface area contributed by atoms with Crippen LogP contribution in [0.15, 0.2) is 24.3 Å². The molecular weight excluding hydrogens is 419 g/mol. The molecule has 1 aliphatic rings. The fraction of sp³-hybridized carbons (Fsp3) is 0.565. The number of nitrogens with one attached hydrogen (secondary N) is 1. The molecule has 0 radical (unpaired) electrons. The van der Waals surface area contributed by atoms with Crippen LogP contribution < -0.4 is 5.32 Å². The van der Waals surface area contributed by atoms with Gasteiger partial charge < -0.3 is 15.1 Å². The molecule has 0 bridgehead atoms. The molecule has 2 heterocycles. The van der Waals surface area contributed by atoms with Crippen molar-refractivity contribution < 1.29 is 18.0 Å². The second-order valence-electron chi connectivity index (χ2n) is 8.49. The van der Waals surface area contributed by atoms with Crippen molar-refractivity contribution >= 4 is 5.91 Å². The van der Waals surface area contributed by atoms with Gasteiger partial charge in [0.25, 0.3) is 0 Å². The summed E-state index contributed by atoms with van der Waals surface area (Å²) in [7, 11) is 2.14. The van der Waals surface area contributed by atoms with E-state index in [9.17, 15) is 18.0 Å². The number of aromatic nitrogens is 2. The molecule has 1 amide bonds. The van der Waals surface area contributed by atoms with Gasteiger partial charge in [-0.05, 0) is 58.5 Å². The summed E-state index contributed by atoms with van der Waals surface area (Å²) in [5.74, 6) is -0.0978. The lowest BCUT2D eigenvalue weighted by Gasteiger charge is -2.32. The van der Waals surface area contributed by atoms with Crippen LogP contribution >= 0.6 is 0 Å². The van der Waals surface area contributed by atoms with Gasteiger partial charge in [-0.15, -0.1) is 0 Å². The highest BCUT2D eigenvalue weighted by Gasteiger charge is 2.30. The zero-order chi connectivity index (χ0) is 23.3. The van der Waals surface area contributed by atoms with E-state index in [-0.39, 0.29) is 12.3 Å². The predicted octanol–water partition coefficient (Wildman–Crippen LogP) is 3.19. The second kappa shape index (κ2) is 10.5. The van der Waals surface area contributed by atoms with Gasteiger partial charge in [-0.25, -0.2) is 4.68 Å². The molecule has 176 valence electrons. The molecule has 0 unspecified atom stereocenters. The minimum atomic E-state index is -4.42. The highest BCUT2D eigenvalue weighted by atomic mass is 19.4. The maximum absolute atomic E-state index is 13.0.